The average Bonchev–Trinajstić information content (AvgIpc) is 2.53. The van der Waals surface area contributed by atoms with Crippen molar-refractivity contribution in [2.75, 3.05) is 13.6 Å². The van der Waals surface area contributed by atoms with E-state index in [0.717, 1.165) is 13.0 Å². The molecular formula is C20H39NO2. The van der Waals surface area contributed by atoms with Gasteiger partial charge in [0, 0.05) is 25.9 Å². The number of hydrogen-bond donors (Lipinski definition) is 1. The molecule has 23 heavy (non-hydrogen) atoms. The van der Waals surface area contributed by atoms with Gasteiger partial charge < -0.3 is 10.0 Å². The zero-order valence-electron chi connectivity index (χ0n) is 15.6. The number of nitrogens with zero attached hydrogens (tertiary/aromatic N) is 1. The van der Waals surface area contributed by atoms with E-state index in [1.807, 2.05) is 11.9 Å². The second-order valence-corrected chi connectivity index (χ2v) is 6.73. The number of carboxylic acids is 1. The molecule has 0 spiro atoms. The minimum absolute atomic E-state index is 0.877. The zero-order chi connectivity index (χ0) is 17.2. The topological polar surface area (TPSA) is 40.5 Å². The van der Waals surface area contributed by atoms with E-state index in [1.165, 1.54) is 89.5 Å². The molecule has 3 nitrogen and oxygen atoms in total. The lowest BCUT2D eigenvalue weighted by atomic mass is 10.0. The van der Waals surface area contributed by atoms with Crippen LogP contribution in [0, 0.1) is 0 Å². The minimum atomic E-state index is -0.877. The second-order valence-electron chi connectivity index (χ2n) is 6.73. The molecule has 0 aromatic heterocycles. The molecule has 136 valence electrons. The zero-order valence-corrected chi connectivity index (χ0v) is 15.6. The van der Waals surface area contributed by atoms with Crippen LogP contribution in [0.25, 0.3) is 0 Å². The lowest BCUT2D eigenvalue weighted by Gasteiger charge is -2.12. The Balaban J connectivity index is 3.14. The predicted molar refractivity (Wildman–Crippen MR) is 99.7 cm³/mol. The molecule has 0 saturated heterocycles. The van der Waals surface area contributed by atoms with E-state index >= 15 is 0 Å². The molecule has 0 unspecified atom stereocenters. The van der Waals surface area contributed by atoms with Gasteiger partial charge in [-0.05, 0) is 6.42 Å². The molecule has 3 heteroatoms. The van der Waals surface area contributed by atoms with Crippen LogP contribution < -0.4 is 0 Å². The third-order valence-electron chi connectivity index (χ3n) is 4.34. The molecule has 0 atom stereocenters. The summed E-state index contributed by atoms with van der Waals surface area (Å²) < 4.78 is 0. The molecule has 0 saturated carbocycles. The van der Waals surface area contributed by atoms with Crippen LogP contribution in [0.2, 0.25) is 0 Å². The lowest BCUT2D eigenvalue weighted by molar-refractivity contribution is -0.131. The first kappa shape index (κ1) is 22.0. The summed E-state index contributed by atoms with van der Waals surface area (Å²) >= 11 is 0. The summed E-state index contributed by atoms with van der Waals surface area (Å²) in [4.78, 5) is 12.3. The highest BCUT2D eigenvalue weighted by Gasteiger charge is 1.96. The van der Waals surface area contributed by atoms with Crippen molar-refractivity contribution in [1.29, 1.82) is 0 Å². The van der Waals surface area contributed by atoms with Crippen LogP contribution >= 0.6 is 0 Å². The van der Waals surface area contributed by atoms with Crippen LogP contribution in [0.5, 0.6) is 0 Å². The van der Waals surface area contributed by atoms with E-state index in [1.54, 1.807) is 6.20 Å². The standard InChI is InChI=1S/C20H39NO2/c1-3-4-5-6-7-8-9-10-11-12-13-14-15-16-18-21(2)19-17-20(22)23/h17,19H,3-16,18H2,1-2H3,(H,22,23). The maximum atomic E-state index is 10.4. The maximum absolute atomic E-state index is 10.4. The molecule has 0 radical (unpaired) electrons. The van der Waals surface area contributed by atoms with Gasteiger partial charge in [-0.1, -0.05) is 90.4 Å². The normalized spacial score (nSPS) is 11.2. The molecule has 0 heterocycles. The summed E-state index contributed by atoms with van der Waals surface area (Å²) in [5.41, 5.74) is 0. The molecule has 0 bridgehead atoms. The molecular weight excluding hydrogens is 286 g/mol. The molecule has 0 aromatic rings. The van der Waals surface area contributed by atoms with Crippen molar-refractivity contribution in [1.82, 2.24) is 4.90 Å². The summed E-state index contributed by atoms with van der Waals surface area (Å²) in [5, 5.41) is 8.54. The molecule has 0 fully saturated rings. The van der Waals surface area contributed by atoms with Crippen molar-refractivity contribution in [2.45, 2.75) is 96.8 Å². The highest BCUT2D eigenvalue weighted by atomic mass is 16.4. The van der Waals surface area contributed by atoms with Gasteiger partial charge in [-0.2, -0.15) is 0 Å². The van der Waals surface area contributed by atoms with Crippen LogP contribution in [0.15, 0.2) is 12.3 Å². The average molecular weight is 326 g/mol. The lowest BCUT2D eigenvalue weighted by Crippen LogP contribution is -2.12. The Morgan fingerprint density at radius 3 is 1.57 bits per heavy atom. The fourth-order valence-electron chi connectivity index (χ4n) is 2.82. The van der Waals surface area contributed by atoms with Gasteiger partial charge in [0.25, 0.3) is 0 Å². The third kappa shape index (κ3) is 19.0. The Hall–Kier alpha value is -0.990. The van der Waals surface area contributed by atoms with E-state index in [-0.39, 0.29) is 0 Å². The van der Waals surface area contributed by atoms with Gasteiger partial charge in [-0.25, -0.2) is 4.79 Å². The van der Waals surface area contributed by atoms with Gasteiger partial charge in [0.2, 0.25) is 0 Å². The molecule has 0 aliphatic carbocycles. The Labute approximate surface area is 144 Å². The first-order valence-electron chi connectivity index (χ1n) is 9.78. The Morgan fingerprint density at radius 1 is 0.783 bits per heavy atom. The van der Waals surface area contributed by atoms with Crippen LogP contribution in [-0.4, -0.2) is 29.6 Å². The summed E-state index contributed by atoms with van der Waals surface area (Å²) in [6.07, 6.45) is 22.0. The van der Waals surface area contributed by atoms with Crippen molar-refractivity contribution in [3.63, 3.8) is 0 Å². The monoisotopic (exact) mass is 325 g/mol. The Kier molecular flexibility index (Phi) is 16.6. The fraction of sp³-hybridized carbons (Fsp3) is 0.850. The van der Waals surface area contributed by atoms with E-state index < -0.39 is 5.97 Å². The van der Waals surface area contributed by atoms with Crippen LogP contribution in [-0.2, 0) is 4.79 Å². The van der Waals surface area contributed by atoms with Gasteiger partial charge in [0.05, 0.1) is 0 Å². The van der Waals surface area contributed by atoms with E-state index in [9.17, 15) is 4.79 Å². The smallest absolute Gasteiger partial charge is 0.329 e. The van der Waals surface area contributed by atoms with Gasteiger partial charge in [0.1, 0.15) is 0 Å². The highest BCUT2D eigenvalue weighted by molar-refractivity contribution is 5.79. The first-order valence-corrected chi connectivity index (χ1v) is 9.78. The number of carboxylic acid groups (broad SMARTS) is 1. The van der Waals surface area contributed by atoms with Gasteiger partial charge in [-0.3, -0.25) is 0 Å². The van der Waals surface area contributed by atoms with Crippen LogP contribution in [0.4, 0.5) is 0 Å². The summed E-state index contributed by atoms with van der Waals surface area (Å²) in [6, 6.07) is 0. The number of carbonyl (C=O) groups is 1. The number of unbranched alkanes of at least 4 members (excludes halogenated alkanes) is 13. The Bertz CT molecular complexity index is 289. The Morgan fingerprint density at radius 2 is 1.17 bits per heavy atom. The predicted octanol–water partition coefficient (Wildman–Crippen LogP) is 6.00. The van der Waals surface area contributed by atoms with E-state index in [4.69, 9.17) is 5.11 Å². The number of hydrogen-bond acceptors (Lipinski definition) is 2. The molecule has 0 aromatic carbocycles. The van der Waals surface area contributed by atoms with Crippen molar-refractivity contribution in [3.8, 4) is 0 Å². The molecule has 0 amide bonds. The van der Waals surface area contributed by atoms with Gasteiger partial charge in [0.15, 0.2) is 0 Å². The van der Waals surface area contributed by atoms with Gasteiger partial charge >= 0.3 is 5.97 Å². The molecule has 0 aliphatic rings. The molecule has 0 aliphatic heterocycles. The first-order chi connectivity index (χ1) is 11.2. The maximum Gasteiger partial charge on any atom is 0.329 e. The van der Waals surface area contributed by atoms with Crippen molar-refractivity contribution >= 4 is 5.97 Å². The van der Waals surface area contributed by atoms with Crippen molar-refractivity contribution in [3.05, 3.63) is 12.3 Å². The third-order valence-corrected chi connectivity index (χ3v) is 4.34. The fourth-order valence-corrected chi connectivity index (χ4v) is 2.82. The largest absolute Gasteiger partial charge is 0.478 e. The van der Waals surface area contributed by atoms with Crippen LogP contribution in [0.1, 0.15) is 96.8 Å². The molecule has 1 N–H and O–H groups in total. The van der Waals surface area contributed by atoms with Crippen molar-refractivity contribution in [2.24, 2.45) is 0 Å². The van der Waals surface area contributed by atoms with Gasteiger partial charge in [-0.15, -0.1) is 0 Å². The van der Waals surface area contributed by atoms with Crippen molar-refractivity contribution < 1.29 is 9.90 Å². The SMILES string of the molecule is CCCCCCCCCCCCCCCCN(C)C=CC(=O)O. The summed E-state index contributed by atoms with van der Waals surface area (Å²) in [7, 11) is 1.93. The van der Waals surface area contributed by atoms with Crippen LogP contribution in [0.3, 0.4) is 0 Å². The second kappa shape index (κ2) is 17.4. The highest BCUT2D eigenvalue weighted by Crippen LogP contribution is 2.13. The van der Waals surface area contributed by atoms with E-state index in [0.29, 0.717) is 0 Å². The number of rotatable bonds is 17. The summed E-state index contributed by atoms with van der Waals surface area (Å²) in [5.74, 6) is -0.877. The minimum Gasteiger partial charge on any atom is -0.478 e. The molecule has 0 rings (SSSR count). The summed E-state index contributed by atoms with van der Waals surface area (Å²) in [6.45, 7) is 3.22. The quantitative estimate of drug-likeness (QED) is 0.263. The van der Waals surface area contributed by atoms with E-state index in [2.05, 4.69) is 6.92 Å². The number of aliphatic carboxylic acids is 1.